The second-order valence-corrected chi connectivity index (χ2v) is 4.03. The molecule has 0 heterocycles. The largest absolute Gasteiger partial charge is 0.356 e. The van der Waals surface area contributed by atoms with E-state index in [9.17, 15) is 4.79 Å². The topological polar surface area (TPSA) is 29.1 Å². The van der Waals surface area contributed by atoms with Gasteiger partial charge in [-0.05, 0) is 31.0 Å². The average Bonchev–Trinajstić information content (AvgIpc) is 2.17. The molecule has 0 unspecified atom stereocenters. The zero-order valence-corrected chi connectivity index (χ0v) is 10.0. The number of benzene rings is 1. The highest BCUT2D eigenvalue weighted by Crippen LogP contribution is 2.21. The van der Waals surface area contributed by atoms with Gasteiger partial charge in [0, 0.05) is 23.0 Å². The molecule has 0 spiro atoms. The quantitative estimate of drug-likeness (QED) is 0.869. The maximum atomic E-state index is 11.2. The van der Waals surface area contributed by atoms with E-state index in [1.165, 1.54) is 0 Å². The summed E-state index contributed by atoms with van der Waals surface area (Å²) in [6, 6.07) is 5.32. The zero-order valence-electron chi connectivity index (χ0n) is 8.52. The Hall–Kier alpha value is -0.730. The molecule has 0 aliphatic rings. The lowest BCUT2D eigenvalue weighted by Crippen LogP contribution is -2.22. The van der Waals surface area contributed by atoms with Crippen LogP contribution in [0, 0.1) is 0 Å². The van der Waals surface area contributed by atoms with Crippen molar-refractivity contribution in [2.45, 2.75) is 19.8 Å². The molecule has 1 rings (SSSR count). The van der Waals surface area contributed by atoms with Crippen molar-refractivity contribution in [2.75, 3.05) is 6.54 Å². The first-order valence-electron chi connectivity index (χ1n) is 4.84. The summed E-state index contributed by atoms with van der Waals surface area (Å²) in [5, 5.41) is 3.97. The second-order valence-electron chi connectivity index (χ2n) is 3.19. The number of halogens is 2. The highest BCUT2D eigenvalue weighted by atomic mass is 35.5. The third-order valence-electron chi connectivity index (χ3n) is 2.01. The fraction of sp³-hybridized carbons (Fsp3) is 0.364. The summed E-state index contributed by atoms with van der Waals surface area (Å²) in [7, 11) is 0. The summed E-state index contributed by atoms with van der Waals surface area (Å²) in [5.41, 5.74) is 0.951. The van der Waals surface area contributed by atoms with E-state index in [0.717, 1.165) is 5.56 Å². The Bertz CT molecular complexity index is 352. The Morgan fingerprint density at radius 3 is 2.73 bits per heavy atom. The number of amides is 1. The summed E-state index contributed by atoms with van der Waals surface area (Å²) in [6.07, 6.45) is 1.09. The molecule has 1 N–H and O–H groups in total. The van der Waals surface area contributed by atoms with Crippen LogP contribution in [0.25, 0.3) is 0 Å². The number of aryl methyl sites for hydroxylation is 1. The summed E-state index contributed by atoms with van der Waals surface area (Å²) in [5.74, 6) is 0.0449. The van der Waals surface area contributed by atoms with Crippen LogP contribution in [0.15, 0.2) is 18.2 Å². The molecule has 0 fully saturated rings. The molecule has 0 aliphatic carbocycles. The van der Waals surface area contributed by atoms with E-state index < -0.39 is 0 Å². The van der Waals surface area contributed by atoms with Crippen LogP contribution in [0.4, 0.5) is 0 Å². The van der Waals surface area contributed by atoms with Crippen LogP contribution in [-0.4, -0.2) is 12.5 Å². The maximum Gasteiger partial charge on any atom is 0.220 e. The van der Waals surface area contributed by atoms with Crippen molar-refractivity contribution in [3.8, 4) is 0 Å². The minimum atomic E-state index is 0.0449. The van der Waals surface area contributed by atoms with Crippen molar-refractivity contribution in [3.63, 3.8) is 0 Å². The zero-order chi connectivity index (χ0) is 11.3. The molecule has 0 aromatic heterocycles. The highest BCUT2D eigenvalue weighted by molar-refractivity contribution is 6.35. The lowest BCUT2D eigenvalue weighted by Gasteiger charge is -2.04. The van der Waals surface area contributed by atoms with Crippen molar-refractivity contribution in [1.82, 2.24) is 5.32 Å². The van der Waals surface area contributed by atoms with Gasteiger partial charge < -0.3 is 5.32 Å². The molecule has 0 radical (unpaired) electrons. The number of rotatable bonds is 4. The van der Waals surface area contributed by atoms with Crippen molar-refractivity contribution in [1.29, 1.82) is 0 Å². The van der Waals surface area contributed by atoms with Crippen LogP contribution in [-0.2, 0) is 11.2 Å². The van der Waals surface area contributed by atoms with E-state index in [2.05, 4.69) is 5.32 Å². The fourth-order valence-electron chi connectivity index (χ4n) is 1.26. The summed E-state index contributed by atoms with van der Waals surface area (Å²) < 4.78 is 0. The molecule has 2 nitrogen and oxygen atoms in total. The molecule has 1 amide bonds. The van der Waals surface area contributed by atoms with Crippen LogP contribution < -0.4 is 5.32 Å². The maximum absolute atomic E-state index is 11.2. The predicted molar refractivity (Wildman–Crippen MR) is 63.5 cm³/mol. The van der Waals surface area contributed by atoms with Crippen LogP contribution in [0.3, 0.4) is 0 Å². The van der Waals surface area contributed by atoms with Gasteiger partial charge in [-0.2, -0.15) is 0 Å². The van der Waals surface area contributed by atoms with Crippen LogP contribution in [0.5, 0.6) is 0 Å². The Kier molecular flexibility index (Phi) is 4.92. The van der Waals surface area contributed by atoms with E-state index >= 15 is 0 Å². The van der Waals surface area contributed by atoms with Crippen LogP contribution in [0.1, 0.15) is 18.9 Å². The number of carbonyl (C=O) groups is 1. The van der Waals surface area contributed by atoms with Gasteiger partial charge in [0.25, 0.3) is 0 Å². The Morgan fingerprint density at radius 1 is 1.40 bits per heavy atom. The lowest BCUT2D eigenvalue weighted by molar-refractivity contribution is -0.120. The van der Waals surface area contributed by atoms with Gasteiger partial charge in [-0.25, -0.2) is 0 Å². The molecule has 1 aromatic carbocycles. The average molecular weight is 246 g/mol. The minimum Gasteiger partial charge on any atom is -0.356 e. The standard InChI is InChI=1S/C11H13Cl2NO/c1-2-14-11(15)6-4-8-3-5-9(12)7-10(8)13/h3,5,7H,2,4,6H2,1H3,(H,14,15). The van der Waals surface area contributed by atoms with Gasteiger partial charge in [0.1, 0.15) is 0 Å². The van der Waals surface area contributed by atoms with Gasteiger partial charge in [0.2, 0.25) is 5.91 Å². The Labute approximate surface area is 99.6 Å². The van der Waals surface area contributed by atoms with E-state index in [-0.39, 0.29) is 5.91 Å². The minimum absolute atomic E-state index is 0.0449. The third kappa shape index (κ3) is 4.10. The van der Waals surface area contributed by atoms with Gasteiger partial charge in [-0.3, -0.25) is 4.79 Å². The molecule has 4 heteroatoms. The van der Waals surface area contributed by atoms with E-state index in [1.807, 2.05) is 13.0 Å². The van der Waals surface area contributed by atoms with Crippen molar-refractivity contribution < 1.29 is 4.79 Å². The van der Waals surface area contributed by atoms with Crippen LogP contribution >= 0.6 is 23.2 Å². The smallest absolute Gasteiger partial charge is 0.220 e. The van der Waals surface area contributed by atoms with E-state index in [4.69, 9.17) is 23.2 Å². The van der Waals surface area contributed by atoms with Crippen molar-refractivity contribution in [3.05, 3.63) is 33.8 Å². The molecule has 0 saturated heterocycles. The summed E-state index contributed by atoms with van der Waals surface area (Å²) in [4.78, 5) is 11.2. The SMILES string of the molecule is CCNC(=O)CCc1ccc(Cl)cc1Cl. The fourth-order valence-corrected chi connectivity index (χ4v) is 1.76. The first-order chi connectivity index (χ1) is 7.13. The number of hydrogen-bond donors (Lipinski definition) is 1. The Morgan fingerprint density at radius 2 is 2.13 bits per heavy atom. The predicted octanol–water partition coefficient (Wildman–Crippen LogP) is 3.06. The van der Waals surface area contributed by atoms with Gasteiger partial charge in [0.15, 0.2) is 0 Å². The molecular formula is C11H13Cl2NO. The molecular weight excluding hydrogens is 233 g/mol. The normalized spacial score (nSPS) is 10.1. The van der Waals surface area contributed by atoms with Gasteiger partial charge in [-0.1, -0.05) is 29.3 Å². The molecule has 15 heavy (non-hydrogen) atoms. The number of hydrogen-bond acceptors (Lipinski definition) is 1. The van der Waals surface area contributed by atoms with E-state index in [0.29, 0.717) is 29.4 Å². The molecule has 0 atom stereocenters. The molecule has 0 saturated carbocycles. The number of nitrogens with one attached hydrogen (secondary N) is 1. The molecule has 1 aromatic rings. The molecule has 0 bridgehead atoms. The Balaban J connectivity index is 2.54. The van der Waals surface area contributed by atoms with Crippen molar-refractivity contribution >= 4 is 29.1 Å². The lowest BCUT2D eigenvalue weighted by atomic mass is 10.1. The van der Waals surface area contributed by atoms with Gasteiger partial charge in [0.05, 0.1) is 0 Å². The molecule has 82 valence electrons. The second kappa shape index (κ2) is 5.99. The highest BCUT2D eigenvalue weighted by Gasteiger charge is 2.04. The van der Waals surface area contributed by atoms with Gasteiger partial charge >= 0.3 is 0 Å². The molecule has 0 aliphatic heterocycles. The van der Waals surface area contributed by atoms with Crippen molar-refractivity contribution in [2.24, 2.45) is 0 Å². The third-order valence-corrected chi connectivity index (χ3v) is 2.60. The summed E-state index contributed by atoms with van der Waals surface area (Å²) in [6.45, 7) is 2.56. The number of carbonyl (C=O) groups excluding carboxylic acids is 1. The monoisotopic (exact) mass is 245 g/mol. The first kappa shape index (κ1) is 12.3. The van der Waals surface area contributed by atoms with Crippen LogP contribution in [0.2, 0.25) is 10.0 Å². The first-order valence-corrected chi connectivity index (χ1v) is 5.59. The van der Waals surface area contributed by atoms with Gasteiger partial charge in [-0.15, -0.1) is 0 Å². The summed E-state index contributed by atoms with van der Waals surface area (Å²) >= 11 is 11.7. The van der Waals surface area contributed by atoms with E-state index in [1.54, 1.807) is 12.1 Å².